The van der Waals surface area contributed by atoms with E-state index in [0.29, 0.717) is 0 Å². The Morgan fingerprint density at radius 3 is 1.27 bits per heavy atom. The predicted octanol–water partition coefficient (Wildman–Crippen LogP) is -1.13. The third-order valence-electron chi connectivity index (χ3n) is 1.13. The Morgan fingerprint density at radius 1 is 0.800 bits per heavy atom. The van der Waals surface area contributed by atoms with Crippen LogP contribution in [-0.4, -0.2) is 66.3 Å². The summed E-state index contributed by atoms with van der Waals surface area (Å²) in [6, 6.07) is 0. The van der Waals surface area contributed by atoms with Crippen LogP contribution in [0.3, 0.4) is 0 Å². The van der Waals surface area contributed by atoms with Crippen LogP contribution in [0.2, 0.25) is 0 Å². The van der Waals surface area contributed by atoms with Gasteiger partial charge >= 0.3 is 23.5 Å². The summed E-state index contributed by atoms with van der Waals surface area (Å²) in [5.41, 5.74) is 0. The second-order valence-corrected chi connectivity index (χ2v) is 2.10. The number of carbonyl (C=O) groups is 4. The molecule has 0 spiro atoms. The largest absolute Gasteiger partial charge is 0.460 e. The summed E-state index contributed by atoms with van der Waals surface area (Å²) in [6.07, 6.45) is 0. The Bertz CT molecular complexity index is 244. The number of hydrogen-bond acceptors (Lipinski definition) is 6. The van der Waals surface area contributed by atoms with Gasteiger partial charge in [-0.1, -0.05) is 0 Å². The van der Waals surface area contributed by atoms with E-state index in [1.54, 1.807) is 0 Å². The standard InChI is InChI=1S/C8H10O6.Na/c1-3-13-7(11)5(9)6(10)8(12)14-4-2;/h3-4H2,1-2H3;. The Kier molecular flexibility index (Phi) is 9.55. The van der Waals surface area contributed by atoms with Gasteiger partial charge in [-0.25, -0.2) is 9.59 Å². The number of Topliss-reactive ketones (excluding diaryl/α,β-unsaturated/α-hetero) is 2. The van der Waals surface area contributed by atoms with Crippen LogP contribution in [0.5, 0.6) is 0 Å². The molecule has 0 aromatic heterocycles. The van der Waals surface area contributed by atoms with E-state index in [-0.39, 0.29) is 42.8 Å². The van der Waals surface area contributed by atoms with Gasteiger partial charge in [-0.05, 0) is 13.8 Å². The first-order chi connectivity index (χ1) is 6.54. The quantitative estimate of drug-likeness (QED) is 0.254. The van der Waals surface area contributed by atoms with Crippen molar-refractivity contribution in [3.05, 3.63) is 0 Å². The molecular weight excluding hydrogens is 215 g/mol. The predicted molar refractivity (Wildman–Crippen MR) is 49.0 cm³/mol. The molecule has 0 aromatic carbocycles. The van der Waals surface area contributed by atoms with E-state index in [2.05, 4.69) is 9.47 Å². The van der Waals surface area contributed by atoms with Gasteiger partial charge in [-0.2, -0.15) is 0 Å². The van der Waals surface area contributed by atoms with Gasteiger partial charge in [0, 0.05) is 29.6 Å². The van der Waals surface area contributed by atoms with E-state index in [1.807, 2.05) is 0 Å². The first kappa shape index (κ1) is 16.7. The molecule has 0 unspecified atom stereocenters. The molecule has 15 heavy (non-hydrogen) atoms. The monoisotopic (exact) mass is 225 g/mol. The molecule has 6 nitrogen and oxygen atoms in total. The van der Waals surface area contributed by atoms with Gasteiger partial charge in [0.05, 0.1) is 13.2 Å². The Hall–Kier alpha value is -0.720. The maximum absolute atomic E-state index is 10.8. The molecule has 0 aromatic rings. The van der Waals surface area contributed by atoms with Crippen molar-refractivity contribution in [2.24, 2.45) is 0 Å². The van der Waals surface area contributed by atoms with Gasteiger partial charge in [-0.15, -0.1) is 0 Å². The molecule has 0 heterocycles. The molecule has 0 N–H and O–H groups in total. The molecule has 0 aliphatic rings. The summed E-state index contributed by atoms with van der Waals surface area (Å²) in [5.74, 6) is -5.70. The van der Waals surface area contributed by atoms with Crippen molar-refractivity contribution in [1.29, 1.82) is 0 Å². The molecule has 0 saturated carbocycles. The Labute approximate surface area is 109 Å². The zero-order valence-corrected chi connectivity index (χ0v) is 10.9. The summed E-state index contributed by atoms with van der Waals surface area (Å²) in [7, 11) is 0. The summed E-state index contributed by atoms with van der Waals surface area (Å²) in [4.78, 5) is 43.0. The minimum Gasteiger partial charge on any atom is -0.460 e. The molecule has 7 heteroatoms. The maximum Gasteiger partial charge on any atom is 0.383 e. The van der Waals surface area contributed by atoms with Crippen molar-refractivity contribution in [3.63, 3.8) is 0 Å². The fraction of sp³-hybridized carbons (Fsp3) is 0.500. The number of carbonyl (C=O) groups excluding carboxylic acids is 4. The topological polar surface area (TPSA) is 86.7 Å². The van der Waals surface area contributed by atoms with Crippen molar-refractivity contribution < 1.29 is 28.7 Å². The van der Waals surface area contributed by atoms with Gasteiger partial charge in [0.1, 0.15) is 0 Å². The van der Waals surface area contributed by atoms with Gasteiger partial charge < -0.3 is 9.47 Å². The average Bonchev–Trinajstić information content (AvgIpc) is 2.16. The van der Waals surface area contributed by atoms with Crippen molar-refractivity contribution in [2.75, 3.05) is 13.2 Å². The smallest absolute Gasteiger partial charge is 0.383 e. The fourth-order valence-electron chi connectivity index (χ4n) is 0.579. The third-order valence-corrected chi connectivity index (χ3v) is 1.13. The van der Waals surface area contributed by atoms with Crippen LogP contribution in [-0.2, 0) is 28.7 Å². The van der Waals surface area contributed by atoms with E-state index in [0.717, 1.165) is 0 Å². The van der Waals surface area contributed by atoms with Crippen LogP contribution < -0.4 is 0 Å². The molecule has 79 valence electrons. The summed E-state index contributed by atoms with van der Waals surface area (Å²) >= 11 is 0. The molecular formula is C8H10NaO6. The zero-order valence-electron chi connectivity index (χ0n) is 8.86. The number of ketones is 2. The molecule has 0 aliphatic carbocycles. The summed E-state index contributed by atoms with van der Waals surface area (Å²) < 4.78 is 8.47. The van der Waals surface area contributed by atoms with E-state index >= 15 is 0 Å². The molecule has 0 atom stereocenters. The van der Waals surface area contributed by atoms with Crippen molar-refractivity contribution in [3.8, 4) is 0 Å². The molecule has 0 saturated heterocycles. The van der Waals surface area contributed by atoms with Crippen LogP contribution in [0, 0.1) is 0 Å². The average molecular weight is 225 g/mol. The number of hydrogen-bond donors (Lipinski definition) is 0. The van der Waals surface area contributed by atoms with Crippen LogP contribution in [0.4, 0.5) is 0 Å². The number of ether oxygens (including phenoxy) is 2. The van der Waals surface area contributed by atoms with E-state index in [1.165, 1.54) is 13.8 Å². The van der Waals surface area contributed by atoms with Crippen molar-refractivity contribution >= 4 is 53.1 Å². The first-order valence-electron chi connectivity index (χ1n) is 3.97. The minimum absolute atomic E-state index is 0. The second-order valence-electron chi connectivity index (χ2n) is 2.10. The molecule has 0 amide bonds. The van der Waals surface area contributed by atoms with Gasteiger partial charge in [0.2, 0.25) is 0 Å². The third kappa shape index (κ3) is 5.66. The second kappa shape index (κ2) is 8.58. The normalized spacial score (nSPS) is 8.40. The van der Waals surface area contributed by atoms with E-state index < -0.39 is 23.5 Å². The van der Waals surface area contributed by atoms with Crippen LogP contribution >= 0.6 is 0 Å². The fourth-order valence-corrected chi connectivity index (χ4v) is 0.579. The number of rotatable bonds is 5. The van der Waals surface area contributed by atoms with Gasteiger partial charge in [0.25, 0.3) is 0 Å². The zero-order chi connectivity index (χ0) is 11.1. The van der Waals surface area contributed by atoms with Gasteiger partial charge in [0.15, 0.2) is 0 Å². The van der Waals surface area contributed by atoms with Crippen molar-refractivity contribution in [2.45, 2.75) is 13.8 Å². The van der Waals surface area contributed by atoms with E-state index in [9.17, 15) is 19.2 Å². The van der Waals surface area contributed by atoms with Crippen LogP contribution in [0.25, 0.3) is 0 Å². The summed E-state index contributed by atoms with van der Waals surface area (Å²) in [5, 5.41) is 0. The first-order valence-corrected chi connectivity index (χ1v) is 3.97. The molecule has 0 bridgehead atoms. The molecule has 0 aliphatic heterocycles. The number of esters is 2. The summed E-state index contributed by atoms with van der Waals surface area (Å²) in [6.45, 7) is 2.86. The van der Waals surface area contributed by atoms with E-state index in [4.69, 9.17) is 0 Å². The van der Waals surface area contributed by atoms with Crippen molar-refractivity contribution in [1.82, 2.24) is 0 Å². The molecule has 0 fully saturated rings. The van der Waals surface area contributed by atoms with Gasteiger partial charge in [-0.3, -0.25) is 9.59 Å². The Balaban J connectivity index is 0. The molecule has 0 rings (SSSR count). The van der Waals surface area contributed by atoms with Crippen LogP contribution in [0.1, 0.15) is 13.8 Å². The molecule has 1 radical (unpaired) electrons. The minimum atomic E-state index is -1.51. The maximum atomic E-state index is 10.8. The SMILES string of the molecule is CCOC(=O)C(=O)C(=O)C(=O)OCC.[Na]. The van der Waals surface area contributed by atoms with Crippen LogP contribution in [0.15, 0.2) is 0 Å². The Morgan fingerprint density at radius 2 is 1.07 bits per heavy atom.